The summed E-state index contributed by atoms with van der Waals surface area (Å²) in [5.41, 5.74) is 1.89. The van der Waals surface area contributed by atoms with Gasteiger partial charge in [0, 0.05) is 5.56 Å². The van der Waals surface area contributed by atoms with Crippen molar-refractivity contribution in [1.82, 2.24) is 0 Å². The molecule has 3 aromatic carbocycles. The highest BCUT2D eigenvalue weighted by Crippen LogP contribution is 2.23. The van der Waals surface area contributed by atoms with Crippen LogP contribution in [0.15, 0.2) is 78.9 Å². The zero-order valence-corrected chi connectivity index (χ0v) is 13.0. The first-order chi connectivity index (χ1) is 11.7. The monoisotopic (exact) mass is 319 g/mol. The number of para-hydroxylation sites is 2. The fraction of sp³-hybridized carbons (Fsp3) is 0.0500. The largest absolute Gasteiger partial charge is 0.506 e. The van der Waals surface area contributed by atoms with Crippen LogP contribution in [0.3, 0.4) is 0 Å². The number of amides is 1. The molecule has 0 unspecified atom stereocenters. The molecule has 0 atom stereocenters. The quantitative estimate of drug-likeness (QED) is 0.692. The fourth-order valence-corrected chi connectivity index (χ4v) is 2.24. The van der Waals surface area contributed by atoms with E-state index in [-0.39, 0.29) is 11.7 Å². The minimum atomic E-state index is -0.304. The molecular formula is C20H17NO3. The van der Waals surface area contributed by atoms with Gasteiger partial charge < -0.3 is 15.2 Å². The third-order valence-corrected chi connectivity index (χ3v) is 3.50. The number of ether oxygens (including phenoxy) is 1. The predicted molar refractivity (Wildman–Crippen MR) is 93.3 cm³/mol. The summed E-state index contributed by atoms with van der Waals surface area (Å²) in [7, 11) is 0. The van der Waals surface area contributed by atoms with Crippen LogP contribution in [0.5, 0.6) is 11.5 Å². The summed E-state index contributed by atoms with van der Waals surface area (Å²) in [6.07, 6.45) is 0. The summed E-state index contributed by atoms with van der Waals surface area (Å²) in [5.74, 6) is 0.341. The molecule has 0 radical (unpaired) electrons. The first-order valence-corrected chi connectivity index (χ1v) is 7.58. The molecular weight excluding hydrogens is 302 g/mol. The molecule has 0 aliphatic heterocycles. The smallest absolute Gasteiger partial charge is 0.255 e. The van der Waals surface area contributed by atoms with Crippen LogP contribution in [0.1, 0.15) is 15.9 Å². The number of carbonyl (C=O) groups excluding carboxylic acids is 1. The van der Waals surface area contributed by atoms with Crippen LogP contribution in [0.25, 0.3) is 0 Å². The number of carbonyl (C=O) groups is 1. The van der Waals surface area contributed by atoms with Gasteiger partial charge in [-0.25, -0.2) is 0 Å². The normalized spacial score (nSPS) is 10.2. The lowest BCUT2D eigenvalue weighted by Crippen LogP contribution is -2.12. The van der Waals surface area contributed by atoms with E-state index in [1.54, 1.807) is 42.5 Å². The molecule has 120 valence electrons. The summed E-state index contributed by atoms with van der Waals surface area (Å²) >= 11 is 0. The highest BCUT2D eigenvalue weighted by molar-refractivity contribution is 6.05. The van der Waals surface area contributed by atoms with Crippen molar-refractivity contribution >= 4 is 11.6 Å². The Labute approximate surface area is 140 Å². The van der Waals surface area contributed by atoms with Crippen LogP contribution in [0, 0.1) is 0 Å². The van der Waals surface area contributed by atoms with E-state index in [0.29, 0.717) is 23.6 Å². The Hall–Kier alpha value is -3.27. The van der Waals surface area contributed by atoms with Crippen molar-refractivity contribution in [2.24, 2.45) is 0 Å². The highest BCUT2D eigenvalue weighted by Gasteiger charge is 2.09. The molecule has 0 saturated heterocycles. The van der Waals surface area contributed by atoms with Crippen LogP contribution >= 0.6 is 0 Å². The lowest BCUT2D eigenvalue weighted by atomic mass is 10.2. The number of nitrogens with one attached hydrogen (secondary N) is 1. The van der Waals surface area contributed by atoms with E-state index < -0.39 is 0 Å². The summed E-state index contributed by atoms with van der Waals surface area (Å²) in [5, 5.41) is 12.4. The molecule has 0 saturated carbocycles. The Morgan fingerprint density at radius 2 is 1.67 bits per heavy atom. The molecule has 0 fully saturated rings. The van der Waals surface area contributed by atoms with Gasteiger partial charge in [0.15, 0.2) is 0 Å². The molecule has 0 aliphatic carbocycles. The van der Waals surface area contributed by atoms with Crippen LogP contribution in [-0.4, -0.2) is 11.0 Å². The average Bonchev–Trinajstić information content (AvgIpc) is 2.63. The van der Waals surface area contributed by atoms with Crippen LogP contribution in [-0.2, 0) is 6.61 Å². The van der Waals surface area contributed by atoms with Crippen LogP contribution < -0.4 is 10.1 Å². The highest BCUT2D eigenvalue weighted by atomic mass is 16.5. The van der Waals surface area contributed by atoms with E-state index in [0.717, 1.165) is 5.56 Å². The summed E-state index contributed by atoms with van der Waals surface area (Å²) in [6.45, 7) is 0.436. The van der Waals surface area contributed by atoms with E-state index in [9.17, 15) is 9.90 Å². The number of rotatable bonds is 5. The number of phenols is 1. The first kappa shape index (κ1) is 15.6. The van der Waals surface area contributed by atoms with E-state index in [1.807, 2.05) is 30.3 Å². The summed E-state index contributed by atoms with van der Waals surface area (Å²) in [4.78, 5) is 12.3. The Balaban J connectivity index is 1.68. The van der Waals surface area contributed by atoms with Gasteiger partial charge >= 0.3 is 0 Å². The molecule has 4 nitrogen and oxygen atoms in total. The maximum Gasteiger partial charge on any atom is 0.255 e. The number of benzene rings is 3. The fourth-order valence-electron chi connectivity index (χ4n) is 2.24. The van der Waals surface area contributed by atoms with Crippen molar-refractivity contribution in [3.63, 3.8) is 0 Å². The zero-order chi connectivity index (χ0) is 16.8. The Morgan fingerprint density at radius 1 is 0.917 bits per heavy atom. The topological polar surface area (TPSA) is 58.6 Å². The standard InChI is InChI=1S/C20H17NO3/c22-19-12-5-4-11-18(19)21-20(23)16-9-6-10-17(13-16)24-14-15-7-2-1-3-8-15/h1-13,22H,14H2,(H,21,23). The number of hydrogen-bond acceptors (Lipinski definition) is 3. The molecule has 3 rings (SSSR count). The summed E-state index contributed by atoms with van der Waals surface area (Å²) < 4.78 is 5.73. The van der Waals surface area contributed by atoms with Gasteiger partial charge in [0.05, 0.1) is 5.69 Å². The molecule has 0 spiro atoms. The number of aromatic hydroxyl groups is 1. The number of anilines is 1. The van der Waals surface area contributed by atoms with Gasteiger partial charge in [0.1, 0.15) is 18.1 Å². The predicted octanol–water partition coefficient (Wildman–Crippen LogP) is 4.22. The third kappa shape index (κ3) is 3.93. The molecule has 4 heteroatoms. The van der Waals surface area contributed by atoms with E-state index >= 15 is 0 Å². The lowest BCUT2D eigenvalue weighted by Gasteiger charge is -2.09. The second-order valence-electron chi connectivity index (χ2n) is 5.27. The molecule has 24 heavy (non-hydrogen) atoms. The van der Waals surface area contributed by atoms with Crippen molar-refractivity contribution in [3.05, 3.63) is 90.0 Å². The minimum Gasteiger partial charge on any atom is -0.506 e. The minimum absolute atomic E-state index is 0.0299. The second kappa shape index (κ2) is 7.33. The molecule has 1 amide bonds. The number of phenolic OH excluding ortho intramolecular Hbond substituents is 1. The van der Waals surface area contributed by atoms with Gasteiger partial charge in [-0.3, -0.25) is 4.79 Å². The average molecular weight is 319 g/mol. The van der Waals surface area contributed by atoms with Gasteiger partial charge in [-0.15, -0.1) is 0 Å². The SMILES string of the molecule is O=C(Nc1ccccc1O)c1cccc(OCc2ccccc2)c1. The van der Waals surface area contributed by atoms with Gasteiger partial charge in [-0.2, -0.15) is 0 Å². The zero-order valence-electron chi connectivity index (χ0n) is 13.0. The Morgan fingerprint density at radius 3 is 2.46 bits per heavy atom. The Bertz CT molecular complexity index is 831. The van der Waals surface area contributed by atoms with Gasteiger partial charge in [0.2, 0.25) is 0 Å². The molecule has 3 aromatic rings. The van der Waals surface area contributed by atoms with Crippen molar-refractivity contribution < 1.29 is 14.6 Å². The van der Waals surface area contributed by atoms with Crippen molar-refractivity contribution in [1.29, 1.82) is 0 Å². The van der Waals surface area contributed by atoms with Crippen molar-refractivity contribution in [2.45, 2.75) is 6.61 Å². The molecule has 0 heterocycles. The van der Waals surface area contributed by atoms with E-state index in [2.05, 4.69) is 5.32 Å². The second-order valence-corrected chi connectivity index (χ2v) is 5.27. The van der Waals surface area contributed by atoms with Gasteiger partial charge in [-0.05, 0) is 35.9 Å². The van der Waals surface area contributed by atoms with E-state index in [1.165, 1.54) is 6.07 Å². The third-order valence-electron chi connectivity index (χ3n) is 3.50. The lowest BCUT2D eigenvalue weighted by molar-refractivity contribution is 0.102. The maximum absolute atomic E-state index is 12.3. The summed E-state index contributed by atoms with van der Waals surface area (Å²) in [6, 6.07) is 23.4. The van der Waals surface area contributed by atoms with Crippen LogP contribution in [0.2, 0.25) is 0 Å². The van der Waals surface area contributed by atoms with Gasteiger partial charge in [-0.1, -0.05) is 48.5 Å². The molecule has 0 bridgehead atoms. The van der Waals surface area contributed by atoms with Crippen molar-refractivity contribution in [2.75, 3.05) is 5.32 Å². The number of hydrogen-bond donors (Lipinski definition) is 2. The van der Waals surface area contributed by atoms with Crippen molar-refractivity contribution in [3.8, 4) is 11.5 Å². The maximum atomic E-state index is 12.3. The molecule has 2 N–H and O–H groups in total. The van der Waals surface area contributed by atoms with E-state index in [4.69, 9.17) is 4.74 Å². The van der Waals surface area contributed by atoms with Crippen LogP contribution in [0.4, 0.5) is 5.69 Å². The molecule has 0 aromatic heterocycles. The Kier molecular flexibility index (Phi) is 4.77. The first-order valence-electron chi connectivity index (χ1n) is 7.58. The molecule has 0 aliphatic rings. The van der Waals surface area contributed by atoms with Gasteiger partial charge in [0.25, 0.3) is 5.91 Å².